The molecule has 0 aliphatic rings. The van der Waals surface area contributed by atoms with E-state index in [1.165, 1.54) is 0 Å². The fourth-order valence-corrected chi connectivity index (χ4v) is 0.512. The fourth-order valence-electron chi connectivity index (χ4n) is 0.153. The molecule has 0 aromatic rings. The van der Waals surface area contributed by atoms with Crippen LogP contribution in [0.2, 0.25) is 0 Å². The summed E-state index contributed by atoms with van der Waals surface area (Å²) in [6.45, 7) is 0. The van der Waals surface area contributed by atoms with Gasteiger partial charge >= 0.3 is 0 Å². The minimum absolute atomic E-state index is 0.148. The summed E-state index contributed by atoms with van der Waals surface area (Å²) in [6.07, 6.45) is 6.84. The van der Waals surface area contributed by atoms with Crippen molar-refractivity contribution < 1.29 is 0 Å². The number of hydrogen-bond donors (Lipinski definition) is 0. The molecule has 1 atom stereocenters. The summed E-state index contributed by atoms with van der Waals surface area (Å²) in [5.74, 6) is 5.29. The Morgan fingerprint density at radius 3 is 2.62 bits per heavy atom. The predicted octanol–water partition coefficient (Wildman–Crippen LogP) is 2.02. The highest BCUT2D eigenvalue weighted by Crippen LogP contribution is 2.00. The normalized spacial score (nSPS) is 10.6. The number of alkyl halides is 1. The van der Waals surface area contributed by atoms with Crippen LogP contribution in [0.4, 0.5) is 0 Å². The molecular formula is C6H3I2. The molecule has 0 saturated heterocycles. The zero-order valence-corrected chi connectivity index (χ0v) is 8.30. The van der Waals surface area contributed by atoms with Crippen molar-refractivity contribution in [1.82, 2.24) is 0 Å². The summed E-state index contributed by atoms with van der Waals surface area (Å²) >= 11 is 4.10. The molecule has 1 radical (unpaired) electrons. The first-order valence-electron chi connectivity index (χ1n) is 1.86. The van der Waals surface area contributed by atoms with E-state index >= 15 is 0 Å². The van der Waals surface area contributed by atoms with Gasteiger partial charge in [0.2, 0.25) is 0 Å². The summed E-state index contributed by atoms with van der Waals surface area (Å²) < 4.78 is 2.85. The molecule has 1 unspecified atom stereocenters. The van der Waals surface area contributed by atoms with Crippen LogP contribution < -0.4 is 0 Å². The maximum atomic E-state index is 5.05. The second-order valence-corrected chi connectivity index (χ2v) is 2.86. The first-order valence-corrected chi connectivity index (χ1v) is 4.18. The number of hydrogen-bond acceptors (Lipinski definition) is 0. The van der Waals surface area contributed by atoms with Crippen LogP contribution in [0, 0.1) is 28.6 Å². The van der Waals surface area contributed by atoms with Gasteiger partial charge in [-0.2, -0.15) is 0 Å². The van der Waals surface area contributed by atoms with Gasteiger partial charge in [-0.3, -0.25) is 0 Å². The summed E-state index contributed by atoms with van der Waals surface area (Å²) in [4.78, 5) is 0. The van der Waals surface area contributed by atoms with E-state index in [4.69, 9.17) is 6.42 Å². The first kappa shape index (κ1) is 8.58. The molecular weight excluding hydrogens is 326 g/mol. The Kier molecular flexibility index (Phi) is 6.13. The Bertz CT molecular complexity index is 144. The lowest BCUT2D eigenvalue weighted by Gasteiger charge is -1.87. The van der Waals surface area contributed by atoms with E-state index in [0.717, 1.165) is 0 Å². The minimum atomic E-state index is 0.148. The lowest BCUT2D eigenvalue weighted by molar-refractivity contribution is 1.47. The molecule has 0 saturated carbocycles. The third-order valence-corrected chi connectivity index (χ3v) is 1.47. The largest absolute Gasteiger partial charge is 0.119 e. The molecule has 0 aromatic heterocycles. The maximum absolute atomic E-state index is 5.05. The molecule has 0 N–H and O–H groups in total. The molecule has 0 aliphatic heterocycles. The maximum Gasteiger partial charge on any atom is 0.0866 e. The Morgan fingerprint density at radius 1 is 1.62 bits per heavy atom. The third-order valence-electron chi connectivity index (χ3n) is 0.443. The van der Waals surface area contributed by atoms with E-state index < -0.39 is 0 Å². The molecule has 41 valence electrons. The van der Waals surface area contributed by atoms with Gasteiger partial charge in [-0.1, -0.05) is 34.4 Å². The molecule has 0 bridgehead atoms. The Hall–Kier alpha value is 0.580. The Labute approximate surface area is 77.1 Å². The molecule has 0 amide bonds. The molecule has 0 aromatic carbocycles. The van der Waals surface area contributed by atoms with Crippen LogP contribution in [0.15, 0.2) is 0 Å². The topological polar surface area (TPSA) is 0 Å². The van der Waals surface area contributed by atoms with Gasteiger partial charge in [0.1, 0.15) is 0 Å². The monoisotopic (exact) mass is 329 g/mol. The van der Waals surface area contributed by atoms with E-state index in [-0.39, 0.29) is 3.92 Å². The van der Waals surface area contributed by atoms with E-state index in [1.807, 2.05) is 22.6 Å². The standard InChI is InChI=1S/C6H3I2/c1-2-6(8)4-3-5-7/h1,4,6H. The first-order chi connectivity index (χ1) is 3.81. The van der Waals surface area contributed by atoms with Gasteiger partial charge < -0.3 is 0 Å². The predicted molar refractivity (Wildman–Crippen MR) is 52.7 cm³/mol. The Morgan fingerprint density at radius 2 is 2.25 bits per heavy atom. The molecule has 0 heterocycles. The van der Waals surface area contributed by atoms with Gasteiger partial charge in [0.25, 0.3) is 0 Å². The lowest BCUT2D eigenvalue weighted by atomic mass is 10.3. The van der Waals surface area contributed by atoms with Crippen molar-refractivity contribution in [3.05, 3.63) is 6.42 Å². The van der Waals surface area contributed by atoms with Crippen molar-refractivity contribution in [2.45, 2.75) is 3.92 Å². The average Bonchev–Trinajstić information content (AvgIpc) is 1.83. The summed E-state index contributed by atoms with van der Waals surface area (Å²) in [5, 5.41) is 0. The van der Waals surface area contributed by atoms with E-state index in [2.05, 4.69) is 38.4 Å². The van der Waals surface area contributed by atoms with Crippen LogP contribution >= 0.6 is 45.2 Å². The fraction of sp³-hybridized carbons (Fsp3) is 0.167. The summed E-state index contributed by atoms with van der Waals surface area (Å²) in [5.41, 5.74) is 0. The second kappa shape index (κ2) is 5.71. The molecule has 0 fully saturated rings. The SMILES string of the molecule is C#CC(I)[CH]C#CI. The van der Waals surface area contributed by atoms with Crippen LogP contribution in [0.5, 0.6) is 0 Å². The van der Waals surface area contributed by atoms with Gasteiger partial charge in [0.15, 0.2) is 0 Å². The zero-order valence-electron chi connectivity index (χ0n) is 3.99. The van der Waals surface area contributed by atoms with Gasteiger partial charge in [-0.15, -0.1) is 6.42 Å². The van der Waals surface area contributed by atoms with E-state index in [0.29, 0.717) is 0 Å². The van der Waals surface area contributed by atoms with Gasteiger partial charge in [0.05, 0.1) is 10.3 Å². The van der Waals surface area contributed by atoms with Gasteiger partial charge in [-0.05, 0) is 3.93 Å². The number of halogens is 2. The number of rotatable bonds is 1. The smallest absolute Gasteiger partial charge is 0.0866 e. The minimum Gasteiger partial charge on any atom is -0.119 e. The van der Waals surface area contributed by atoms with Crippen LogP contribution in [0.1, 0.15) is 0 Å². The average molecular weight is 329 g/mol. The highest BCUT2D eigenvalue weighted by molar-refractivity contribution is 14.1. The highest BCUT2D eigenvalue weighted by Gasteiger charge is 1.92. The molecule has 0 spiro atoms. The van der Waals surface area contributed by atoms with Crippen molar-refractivity contribution in [2.75, 3.05) is 0 Å². The molecule has 0 rings (SSSR count). The van der Waals surface area contributed by atoms with Crippen molar-refractivity contribution in [1.29, 1.82) is 0 Å². The van der Waals surface area contributed by atoms with Crippen LogP contribution in [-0.4, -0.2) is 3.92 Å². The molecule has 0 aliphatic carbocycles. The molecule has 0 nitrogen and oxygen atoms in total. The van der Waals surface area contributed by atoms with Crippen LogP contribution in [0.3, 0.4) is 0 Å². The third kappa shape index (κ3) is 4.73. The summed E-state index contributed by atoms with van der Waals surface area (Å²) in [6, 6.07) is 0. The van der Waals surface area contributed by atoms with Crippen molar-refractivity contribution >= 4 is 45.2 Å². The van der Waals surface area contributed by atoms with Crippen LogP contribution in [-0.2, 0) is 0 Å². The Balaban J connectivity index is 3.38. The van der Waals surface area contributed by atoms with Crippen LogP contribution in [0.25, 0.3) is 0 Å². The number of terminal acetylenes is 1. The van der Waals surface area contributed by atoms with Crippen molar-refractivity contribution in [3.63, 3.8) is 0 Å². The van der Waals surface area contributed by atoms with Crippen molar-refractivity contribution in [2.24, 2.45) is 0 Å². The highest BCUT2D eigenvalue weighted by atomic mass is 127. The van der Waals surface area contributed by atoms with E-state index in [1.54, 1.807) is 6.42 Å². The molecule has 8 heavy (non-hydrogen) atoms. The zero-order chi connectivity index (χ0) is 6.41. The van der Waals surface area contributed by atoms with Gasteiger partial charge in [-0.25, -0.2) is 0 Å². The van der Waals surface area contributed by atoms with Crippen molar-refractivity contribution in [3.8, 4) is 22.2 Å². The van der Waals surface area contributed by atoms with E-state index in [9.17, 15) is 0 Å². The lowest BCUT2D eigenvalue weighted by Crippen LogP contribution is -1.88. The molecule has 2 heteroatoms. The second-order valence-electron chi connectivity index (χ2n) is 0.974. The summed E-state index contributed by atoms with van der Waals surface area (Å²) in [7, 11) is 0. The quantitative estimate of drug-likeness (QED) is 0.392. The van der Waals surface area contributed by atoms with Gasteiger partial charge in [0, 0.05) is 22.6 Å².